The smallest absolute Gasteiger partial charge is 0.326 e. The van der Waals surface area contributed by atoms with Crippen molar-refractivity contribution in [1.82, 2.24) is 16.3 Å². The molecule has 0 spiro atoms. The number of hydrogen-bond acceptors (Lipinski definition) is 5. The number of hydrogen-bond donors (Lipinski definition) is 6. The fourth-order valence-electron chi connectivity index (χ4n) is 0.448. The van der Waals surface area contributed by atoms with Gasteiger partial charge in [0.1, 0.15) is 0 Å². The van der Waals surface area contributed by atoms with Crippen LogP contribution in [0.5, 0.6) is 0 Å². The fourth-order valence-corrected chi connectivity index (χ4v) is 0.448. The summed E-state index contributed by atoms with van der Waals surface area (Å²) in [7, 11) is 0. The molecular formula is C4H12N6O2. The van der Waals surface area contributed by atoms with Gasteiger partial charge in [0.15, 0.2) is 0 Å². The minimum atomic E-state index is -0.832. The lowest BCUT2D eigenvalue weighted by Gasteiger charge is -2.10. The van der Waals surface area contributed by atoms with Crippen LogP contribution in [0.15, 0.2) is 0 Å². The van der Waals surface area contributed by atoms with Crippen molar-refractivity contribution >= 4 is 11.9 Å². The third kappa shape index (κ3) is 4.44. The molecular weight excluding hydrogens is 164 g/mol. The van der Waals surface area contributed by atoms with Crippen LogP contribution in [-0.4, -0.2) is 24.5 Å². The molecule has 12 heavy (non-hydrogen) atoms. The van der Waals surface area contributed by atoms with E-state index in [-0.39, 0.29) is 6.54 Å². The zero-order valence-corrected chi connectivity index (χ0v) is 6.33. The average Bonchev–Trinajstić information content (AvgIpc) is 2.02. The van der Waals surface area contributed by atoms with E-state index in [9.17, 15) is 9.59 Å². The van der Waals surface area contributed by atoms with Crippen molar-refractivity contribution in [2.24, 2.45) is 17.3 Å². The molecule has 70 valence electrons. The van der Waals surface area contributed by atoms with Gasteiger partial charge in [0, 0.05) is 6.54 Å². The SMILES string of the molecule is NNC(=O)[C@@H](N)CNNC(N)=O. The number of amides is 3. The van der Waals surface area contributed by atoms with E-state index in [1.54, 1.807) is 0 Å². The van der Waals surface area contributed by atoms with Crippen molar-refractivity contribution in [3.05, 3.63) is 0 Å². The molecule has 8 nitrogen and oxygen atoms in total. The van der Waals surface area contributed by atoms with Crippen LogP contribution in [-0.2, 0) is 4.79 Å². The molecule has 0 aliphatic rings. The molecule has 0 saturated carbocycles. The molecule has 3 amide bonds. The van der Waals surface area contributed by atoms with Gasteiger partial charge < -0.3 is 11.5 Å². The van der Waals surface area contributed by atoms with Gasteiger partial charge in [0.2, 0.25) is 0 Å². The van der Waals surface area contributed by atoms with Crippen LogP contribution < -0.4 is 33.6 Å². The van der Waals surface area contributed by atoms with E-state index >= 15 is 0 Å². The lowest BCUT2D eigenvalue weighted by molar-refractivity contribution is -0.122. The van der Waals surface area contributed by atoms with Gasteiger partial charge >= 0.3 is 6.03 Å². The average molecular weight is 176 g/mol. The highest BCUT2D eigenvalue weighted by molar-refractivity contribution is 5.81. The zero-order chi connectivity index (χ0) is 9.56. The molecule has 0 heterocycles. The maximum Gasteiger partial charge on any atom is 0.326 e. The molecule has 9 N–H and O–H groups in total. The summed E-state index contributed by atoms with van der Waals surface area (Å²) in [6, 6.07) is -1.59. The van der Waals surface area contributed by atoms with Gasteiger partial charge in [-0.15, -0.1) is 0 Å². The van der Waals surface area contributed by atoms with Crippen LogP contribution in [0.25, 0.3) is 0 Å². The van der Waals surface area contributed by atoms with E-state index in [4.69, 9.17) is 17.3 Å². The Morgan fingerprint density at radius 1 is 1.42 bits per heavy atom. The lowest BCUT2D eigenvalue weighted by Crippen LogP contribution is -2.53. The molecule has 0 saturated heterocycles. The Balaban J connectivity index is 3.50. The number of carbonyl (C=O) groups excluding carboxylic acids is 2. The highest BCUT2D eigenvalue weighted by atomic mass is 16.2. The molecule has 0 aromatic carbocycles. The van der Waals surface area contributed by atoms with Gasteiger partial charge in [-0.1, -0.05) is 0 Å². The van der Waals surface area contributed by atoms with Crippen LogP contribution in [0.4, 0.5) is 4.79 Å². The van der Waals surface area contributed by atoms with E-state index in [0.717, 1.165) is 0 Å². The van der Waals surface area contributed by atoms with Crippen molar-refractivity contribution < 1.29 is 9.59 Å². The zero-order valence-electron chi connectivity index (χ0n) is 6.33. The van der Waals surface area contributed by atoms with Crippen molar-refractivity contribution in [3.63, 3.8) is 0 Å². The Morgan fingerprint density at radius 3 is 2.42 bits per heavy atom. The maximum atomic E-state index is 10.6. The molecule has 0 rings (SSSR count). The number of carbonyl (C=O) groups is 2. The predicted octanol–water partition coefficient (Wildman–Crippen LogP) is -3.52. The highest BCUT2D eigenvalue weighted by Gasteiger charge is 2.10. The topological polar surface area (TPSA) is 148 Å². The molecule has 0 aliphatic carbocycles. The van der Waals surface area contributed by atoms with Crippen LogP contribution in [0, 0.1) is 0 Å². The van der Waals surface area contributed by atoms with Gasteiger partial charge in [-0.2, -0.15) is 0 Å². The van der Waals surface area contributed by atoms with Gasteiger partial charge in [0.05, 0.1) is 6.04 Å². The molecule has 1 atom stereocenters. The van der Waals surface area contributed by atoms with Crippen LogP contribution in [0.1, 0.15) is 0 Å². The number of nitrogens with two attached hydrogens (primary N) is 3. The largest absolute Gasteiger partial charge is 0.351 e. The second-order valence-corrected chi connectivity index (χ2v) is 1.99. The second-order valence-electron chi connectivity index (χ2n) is 1.99. The van der Waals surface area contributed by atoms with Gasteiger partial charge in [-0.3, -0.25) is 15.6 Å². The van der Waals surface area contributed by atoms with Crippen molar-refractivity contribution in [1.29, 1.82) is 0 Å². The first-order valence-electron chi connectivity index (χ1n) is 3.12. The minimum absolute atomic E-state index is 0.0476. The van der Waals surface area contributed by atoms with Crippen molar-refractivity contribution in [2.75, 3.05) is 6.54 Å². The van der Waals surface area contributed by atoms with E-state index in [0.29, 0.717) is 0 Å². The first kappa shape index (κ1) is 10.6. The maximum absolute atomic E-state index is 10.6. The Morgan fingerprint density at radius 2 is 2.00 bits per heavy atom. The summed E-state index contributed by atoms with van der Waals surface area (Å²) < 4.78 is 0. The number of rotatable bonds is 4. The number of hydrazine groups is 2. The summed E-state index contributed by atoms with van der Waals surface area (Å²) in [5.74, 6) is 4.25. The molecule has 0 radical (unpaired) electrons. The summed E-state index contributed by atoms with van der Waals surface area (Å²) in [6.45, 7) is 0.0476. The van der Waals surface area contributed by atoms with Crippen LogP contribution in [0.2, 0.25) is 0 Å². The molecule has 0 unspecified atom stereocenters. The first-order chi connectivity index (χ1) is 5.57. The Hall–Kier alpha value is -1.38. The number of urea groups is 1. The first-order valence-corrected chi connectivity index (χ1v) is 3.12. The number of nitrogens with one attached hydrogen (secondary N) is 3. The molecule has 0 aromatic rings. The molecule has 0 aliphatic heterocycles. The molecule has 0 bridgehead atoms. The fraction of sp³-hybridized carbons (Fsp3) is 0.500. The molecule has 8 heteroatoms. The highest BCUT2D eigenvalue weighted by Crippen LogP contribution is 1.72. The normalized spacial score (nSPS) is 11.8. The van der Waals surface area contributed by atoms with Gasteiger partial charge in [-0.05, 0) is 0 Å². The molecule has 0 aromatic heterocycles. The second kappa shape index (κ2) is 5.29. The number of primary amides is 1. The summed E-state index contributed by atoms with van der Waals surface area (Å²) in [6.07, 6.45) is 0. The van der Waals surface area contributed by atoms with Crippen molar-refractivity contribution in [3.8, 4) is 0 Å². The van der Waals surface area contributed by atoms with E-state index < -0.39 is 18.0 Å². The van der Waals surface area contributed by atoms with E-state index in [2.05, 4.69) is 5.43 Å². The Bertz CT molecular complexity index is 171. The van der Waals surface area contributed by atoms with Gasteiger partial charge in [0.25, 0.3) is 5.91 Å². The lowest BCUT2D eigenvalue weighted by atomic mass is 10.3. The van der Waals surface area contributed by atoms with Crippen molar-refractivity contribution in [2.45, 2.75) is 6.04 Å². The van der Waals surface area contributed by atoms with Gasteiger partial charge in [-0.25, -0.2) is 16.1 Å². The summed E-state index contributed by atoms with van der Waals surface area (Å²) in [5, 5.41) is 0. The third-order valence-electron chi connectivity index (χ3n) is 1.01. The molecule has 0 fully saturated rings. The summed E-state index contributed by atoms with van der Waals surface area (Å²) in [4.78, 5) is 20.7. The third-order valence-corrected chi connectivity index (χ3v) is 1.01. The predicted molar refractivity (Wildman–Crippen MR) is 41.0 cm³/mol. The quantitative estimate of drug-likeness (QED) is 0.149. The Kier molecular flexibility index (Phi) is 4.69. The van der Waals surface area contributed by atoms with E-state index in [1.807, 2.05) is 10.9 Å². The van der Waals surface area contributed by atoms with E-state index in [1.165, 1.54) is 0 Å². The summed E-state index contributed by atoms with van der Waals surface area (Å²) >= 11 is 0. The van der Waals surface area contributed by atoms with Crippen LogP contribution >= 0.6 is 0 Å². The van der Waals surface area contributed by atoms with Crippen LogP contribution in [0.3, 0.4) is 0 Å². The standard InChI is InChI=1S/C4H12N6O2/c5-2(3(11)9-7)1-8-10-4(6)12/h2,8H,1,5,7H2,(H,9,11)(H3,6,10,12)/t2-/m0/s1. The minimum Gasteiger partial charge on any atom is -0.351 e. The summed E-state index contributed by atoms with van der Waals surface area (Å²) in [5.41, 5.74) is 16.2. The monoisotopic (exact) mass is 176 g/mol. The Labute approximate surface area is 68.8 Å².